The summed E-state index contributed by atoms with van der Waals surface area (Å²) in [6.45, 7) is 5.31. The van der Waals surface area contributed by atoms with Gasteiger partial charge in [0.05, 0.1) is 48.6 Å². The monoisotopic (exact) mass is 559 g/mol. The third-order valence-corrected chi connectivity index (χ3v) is 7.32. The summed E-state index contributed by atoms with van der Waals surface area (Å²) in [5.41, 5.74) is 1.21. The van der Waals surface area contributed by atoms with Crippen molar-refractivity contribution in [1.82, 2.24) is 39.5 Å². The fourth-order valence-corrected chi connectivity index (χ4v) is 5.19. The molecule has 14 nitrogen and oxygen atoms in total. The van der Waals surface area contributed by atoms with Crippen molar-refractivity contribution < 1.29 is 23.9 Å². The molecule has 1 N–H and O–H groups in total. The molecule has 0 radical (unpaired) electrons. The van der Waals surface area contributed by atoms with Gasteiger partial charge in [-0.2, -0.15) is 5.10 Å². The van der Waals surface area contributed by atoms with Gasteiger partial charge in [-0.25, -0.2) is 19.6 Å². The SMILES string of the molecule is COc1cnc(-n2cnc(C)n2)c2[nH]cc(C(=O)C(=O)N3CCN(c4ncccc4C(=O)N4CCOCC4)CC3)c12. The van der Waals surface area contributed by atoms with E-state index in [1.165, 1.54) is 35.4 Å². The van der Waals surface area contributed by atoms with Crippen LogP contribution in [0.25, 0.3) is 16.7 Å². The minimum Gasteiger partial charge on any atom is -0.494 e. The Bertz CT molecular complexity index is 1620. The lowest BCUT2D eigenvalue weighted by molar-refractivity contribution is -0.126. The number of rotatable bonds is 6. The van der Waals surface area contributed by atoms with E-state index in [-0.39, 0.29) is 11.5 Å². The maximum Gasteiger partial charge on any atom is 0.295 e. The van der Waals surface area contributed by atoms with Crippen LogP contribution in [0.2, 0.25) is 0 Å². The summed E-state index contributed by atoms with van der Waals surface area (Å²) in [7, 11) is 1.48. The first-order chi connectivity index (χ1) is 20.0. The highest BCUT2D eigenvalue weighted by Gasteiger charge is 2.32. The Morgan fingerprint density at radius 2 is 1.73 bits per heavy atom. The second kappa shape index (κ2) is 11.0. The Kier molecular flexibility index (Phi) is 7.05. The lowest BCUT2D eigenvalue weighted by Crippen LogP contribution is -2.51. The molecule has 0 aliphatic carbocycles. The Morgan fingerprint density at radius 1 is 0.951 bits per heavy atom. The molecule has 41 heavy (non-hydrogen) atoms. The van der Waals surface area contributed by atoms with Gasteiger partial charge in [0.2, 0.25) is 0 Å². The smallest absolute Gasteiger partial charge is 0.295 e. The second-order valence-corrected chi connectivity index (χ2v) is 9.73. The Hall–Kier alpha value is -4.85. The maximum atomic E-state index is 13.5. The summed E-state index contributed by atoms with van der Waals surface area (Å²) in [6.07, 6.45) is 6.17. The third kappa shape index (κ3) is 4.86. The second-order valence-electron chi connectivity index (χ2n) is 9.73. The number of morpholine rings is 1. The number of nitrogens with one attached hydrogen (secondary N) is 1. The minimum absolute atomic E-state index is 0.0896. The van der Waals surface area contributed by atoms with Crippen LogP contribution < -0.4 is 9.64 Å². The zero-order chi connectivity index (χ0) is 28.5. The van der Waals surface area contributed by atoms with Crippen LogP contribution in [0.3, 0.4) is 0 Å². The van der Waals surface area contributed by atoms with Gasteiger partial charge in [-0.15, -0.1) is 0 Å². The highest BCUT2D eigenvalue weighted by atomic mass is 16.5. The number of pyridine rings is 2. The van der Waals surface area contributed by atoms with Gasteiger partial charge in [0.25, 0.3) is 17.6 Å². The molecule has 2 aliphatic heterocycles. The largest absolute Gasteiger partial charge is 0.494 e. The first-order valence-electron chi connectivity index (χ1n) is 13.3. The highest BCUT2D eigenvalue weighted by molar-refractivity contribution is 6.45. The fourth-order valence-electron chi connectivity index (χ4n) is 5.19. The van der Waals surface area contributed by atoms with Crippen LogP contribution in [0.1, 0.15) is 26.5 Å². The molecule has 4 aromatic rings. The molecular formula is C27H29N9O5. The van der Waals surface area contributed by atoms with Crippen molar-refractivity contribution in [3.8, 4) is 11.6 Å². The van der Waals surface area contributed by atoms with Crippen LogP contribution in [0, 0.1) is 6.92 Å². The van der Waals surface area contributed by atoms with Crippen molar-refractivity contribution in [2.75, 3.05) is 64.5 Å². The van der Waals surface area contributed by atoms with Crippen molar-refractivity contribution in [3.63, 3.8) is 0 Å². The van der Waals surface area contributed by atoms with E-state index < -0.39 is 11.7 Å². The predicted molar refractivity (Wildman–Crippen MR) is 146 cm³/mol. The van der Waals surface area contributed by atoms with Gasteiger partial charge in [-0.05, 0) is 19.1 Å². The summed E-state index contributed by atoms with van der Waals surface area (Å²) in [4.78, 5) is 61.5. The zero-order valence-electron chi connectivity index (χ0n) is 22.7. The number of amides is 2. The van der Waals surface area contributed by atoms with Crippen LogP contribution in [-0.4, -0.2) is 117 Å². The van der Waals surface area contributed by atoms with Crippen LogP contribution in [0.4, 0.5) is 5.82 Å². The minimum atomic E-state index is -0.657. The summed E-state index contributed by atoms with van der Waals surface area (Å²) < 4.78 is 12.4. The number of aromatic amines is 1. The van der Waals surface area contributed by atoms with Gasteiger partial charge in [-0.3, -0.25) is 14.4 Å². The number of hydrogen-bond donors (Lipinski definition) is 1. The van der Waals surface area contributed by atoms with Crippen molar-refractivity contribution in [2.24, 2.45) is 0 Å². The fraction of sp³-hybridized carbons (Fsp3) is 0.370. The Balaban J connectivity index is 1.19. The number of anilines is 1. The number of H-pyrrole nitrogens is 1. The van der Waals surface area contributed by atoms with Crippen molar-refractivity contribution in [1.29, 1.82) is 0 Å². The molecule has 2 aliphatic rings. The number of fused-ring (bicyclic) bond motifs is 1. The molecule has 0 saturated carbocycles. The lowest BCUT2D eigenvalue weighted by atomic mass is 10.1. The molecule has 0 atom stereocenters. The number of ether oxygens (including phenoxy) is 2. The molecule has 2 fully saturated rings. The summed E-state index contributed by atoms with van der Waals surface area (Å²) >= 11 is 0. The molecular weight excluding hydrogens is 530 g/mol. The maximum absolute atomic E-state index is 13.5. The van der Waals surface area contributed by atoms with Crippen molar-refractivity contribution in [2.45, 2.75) is 6.92 Å². The molecule has 6 heterocycles. The van der Waals surface area contributed by atoms with Gasteiger partial charge in [0.15, 0.2) is 5.82 Å². The van der Waals surface area contributed by atoms with Gasteiger partial charge >= 0.3 is 0 Å². The Morgan fingerprint density at radius 3 is 2.44 bits per heavy atom. The summed E-state index contributed by atoms with van der Waals surface area (Å²) in [5, 5.41) is 4.75. The van der Waals surface area contributed by atoms with E-state index >= 15 is 0 Å². The van der Waals surface area contributed by atoms with Crippen molar-refractivity contribution in [3.05, 3.63) is 54.0 Å². The van der Waals surface area contributed by atoms with E-state index in [0.717, 1.165) is 0 Å². The number of nitrogens with zero attached hydrogens (tertiary/aromatic N) is 8. The third-order valence-electron chi connectivity index (χ3n) is 7.32. The van der Waals surface area contributed by atoms with Crippen molar-refractivity contribution >= 4 is 34.3 Å². The number of aryl methyl sites for hydroxylation is 1. The molecule has 4 aromatic heterocycles. The summed E-state index contributed by atoms with van der Waals surface area (Å²) in [5.74, 6) is 0.565. The molecule has 6 rings (SSSR count). The van der Waals surface area contributed by atoms with Crippen LogP contribution in [0.5, 0.6) is 5.75 Å². The highest BCUT2D eigenvalue weighted by Crippen LogP contribution is 2.32. The quantitative estimate of drug-likeness (QED) is 0.266. The van der Waals surface area contributed by atoms with Crippen LogP contribution >= 0.6 is 0 Å². The van der Waals surface area contributed by atoms with E-state index in [1.54, 1.807) is 30.2 Å². The van der Waals surface area contributed by atoms with E-state index in [4.69, 9.17) is 9.47 Å². The topological polar surface area (TPSA) is 152 Å². The first kappa shape index (κ1) is 26.4. The van der Waals surface area contributed by atoms with Gasteiger partial charge in [0.1, 0.15) is 23.7 Å². The number of Topliss-reactive ketones (excluding diaryl/α,β-unsaturated/α-hetero) is 1. The normalized spacial score (nSPS) is 15.8. The average Bonchev–Trinajstić information content (AvgIpc) is 3.67. The molecule has 0 spiro atoms. The lowest BCUT2D eigenvalue weighted by Gasteiger charge is -2.36. The van der Waals surface area contributed by atoms with Gasteiger partial charge < -0.3 is 29.2 Å². The molecule has 0 aromatic carbocycles. The number of piperazine rings is 1. The standard InChI is InChI=1S/C27H29N9O5/c1-17-31-16-36(32-17)25-22-21(20(40-2)15-30-25)19(14-29-22)23(37)27(39)34-8-6-33(7-9-34)24-18(4-3-5-28-24)26(38)35-10-12-41-13-11-35/h3-5,14-16,29H,6-13H2,1-2H3. The molecule has 14 heteroatoms. The number of ketones is 1. The Labute approximate surface area is 234 Å². The van der Waals surface area contributed by atoms with E-state index in [2.05, 4.69) is 25.0 Å². The summed E-state index contributed by atoms with van der Waals surface area (Å²) in [6, 6.07) is 3.52. The van der Waals surface area contributed by atoms with Crippen LogP contribution in [0.15, 0.2) is 37.1 Å². The molecule has 212 valence electrons. The molecule has 2 amide bonds. The number of aromatic nitrogens is 6. The predicted octanol–water partition coefficient (Wildman–Crippen LogP) is 0.860. The number of methoxy groups -OCH3 is 1. The molecule has 0 bridgehead atoms. The average molecular weight is 560 g/mol. The van der Waals surface area contributed by atoms with Gasteiger partial charge in [0, 0.05) is 51.7 Å². The first-order valence-corrected chi connectivity index (χ1v) is 13.3. The van der Waals surface area contributed by atoms with E-state index in [1.807, 2.05) is 4.90 Å². The number of hydrogen-bond acceptors (Lipinski definition) is 10. The molecule has 0 unspecified atom stereocenters. The van der Waals surface area contributed by atoms with E-state index in [9.17, 15) is 14.4 Å². The molecule has 2 saturated heterocycles. The van der Waals surface area contributed by atoms with Crippen LogP contribution in [-0.2, 0) is 9.53 Å². The number of carbonyl (C=O) groups excluding carboxylic acids is 3. The van der Waals surface area contributed by atoms with E-state index in [0.29, 0.717) is 92.2 Å². The zero-order valence-corrected chi connectivity index (χ0v) is 22.7. The van der Waals surface area contributed by atoms with Gasteiger partial charge in [-0.1, -0.05) is 0 Å². The number of carbonyl (C=O) groups is 3.